The number of hydrogen-bond donors (Lipinski definition) is 3. The van der Waals surface area contributed by atoms with E-state index < -0.39 is 0 Å². The lowest BCUT2D eigenvalue weighted by Crippen LogP contribution is -2.40. The molecule has 2 aliphatic heterocycles. The molecule has 2 aromatic rings. The molecule has 0 spiro atoms. The molecule has 5 heteroatoms. The average molecular weight is 428 g/mol. The molecule has 0 aliphatic carbocycles. The zero-order chi connectivity index (χ0) is 23.1. The number of nitrogens with one attached hydrogen (secondary N) is 2. The van der Waals surface area contributed by atoms with Crippen LogP contribution in [0.3, 0.4) is 0 Å². The zero-order valence-corrected chi connectivity index (χ0v) is 19.2. The summed E-state index contributed by atoms with van der Waals surface area (Å²) in [6, 6.07) is 14.7. The molecule has 0 fully saturated rings. The van der Waals surface area contributed by atoms with E-state index in [0.717, 1.165) is 40.9 Å². The van der Waals surface area contributed by atoms with Gasteiger partial charge in [-0.2, -0.15) is 0 Å². The van der Waals surface area contributed by atoms with E-state index in [-0.39, 0.29) is 12.0 Å². The standard InChI is InChI=1S/C26H28N4.CH5N/c1-4-19-9-7-10-22-23(19)25(27)24(20-13-11-18(12-14-20)17-30(2)3)26(29-22)21-8-5-6-15-28-16-21;1-2/h4,6-16,24,26-27,29H,1,5,17H2,2-3H3;2H2,1H3. The Balaban J connectivity index is 0.00000141. The highest BCUT2D eigenvalue weighted by Gasteiger charge is 2.36. The van der Waals surface area contributed by atoms with Gasteiger partial charge >= 0.3 is 0 Å². The molecular formula is C27H33N5. The molecule has 32 heavy (non-hydrogen) atoms. The van der Waals surface area contributed by atoms with Crippen LogP contribution in [0.2, 0.25) is 0 Å². The number of rotatable bonds is 5. The summed E-state index contributed by atoms with van der Waals surface area (Å²) in [4.78, 5) is 6.57. The smallest absolute Gasteiger partial charge is 0.0650 e. The summed E-state index contributed by atoms with van der Waals surface area (Å²) in [6.45, 7) is 4.86. The van der Waals surface area contributed by atoms with Crippen LogP contribution in [0, 0.1) is 5.41 Å². The molecule has 0 aromatic heterocycles. The van der Waals surface area contributed by atoms with Gasteiger partial charge in [0.15, 0.2) is 0 Å². The third kappa shape index (κ3) is 4.96. The Morgan fingerprint density at radius 3 is 2.62 bits per heavy atom. The fourth-order valence-corrected chi connectivity index (χ4v) is 4.28. The summed E-state index contributed by atoms with van der Waals surface area (Å²) in [6.07, 6.45) is 10.7. The van der Waals surface area contributed by atoms with Crippen LogP contribution in [-0.4, -0.2) is 44.0 Å². The van der Waals surface area contributed by atoms with Crippen molar-refractivity contribution >= 4 is 23.7 Å². The van der Waals surface area contributed by atoms with Crippen LogP contribution in [0.15, 0.2) is 78.0 Å². The number of nitrogens with two attached hydrogens (primary N) is 1. The van der Waals surface area contributed by atoms with Crippen LogP contribution >= 0.6 is 0 Å². The maximum Gasteiger partial charge on any atom is 0.0650 e. The van der Waals surface area contributed by atoms with Crippen LogP contribution in [0.4, 0.5) is 5.69 Å². The van der Waals surface area contributed by atoms with Gasteiger partial charge in [-0.15, -0.1) is 0 Å². The fraction of sp³-hybridized carbons (Fsp3) is 0.259. The van der Waals surface area contributed by atoms with Crippen molar-refractivity contribution in [1.82, 2.24) is 4.90 Å². The van der Waals surface area contributed by atoms with Crippen molar-refractivity contribution in [3.8, 4) is 0 Å². The van der Waals surface area contributed by atoms with Crippen molar-refractivity contribution < 1.29 is 0 Å². The third-order valence-corrected chi connectivity index (χ3v) is 5.64. The molecule has 4 rings (SSSR count). The Labute approximate surface area is 191 Å². The van der Waals surface area contributed by atoms with Crippen molar-refractivity contribution in [2.75, 3.05) is 26.5 Å². The molecule has 2 aliphatic rings. The van der Waals surface area contributed by atoms with E-state index in [1.807, 2.05) is 42.8 Å². The second kappa shape index (κ2) is 10.8. The monoisotopic (exact) mass is 427 g/mol. The Kier molecular flexibility index (Phi) is 7.92. The number of fused-ring (bicyclic) bond motifs is 1. The number of benzene rings is 2. The first-order valence-corrected chi connectivity index (χ1v) is 10.9. The van der Waals surface area contributed by atoms with Crippen molar-refractivity contribution in [1.29, 1.82) is 5.41 Å². The summed E-state index contributed by atoms with van der Waals surface area (Å²) in [5.41, 5.74) is 11.5. The maximum atomic E-state index is 9.20. The topological polar surface area (TPSA) is 77.5 Å². The Hall–Kier alpha value is -3.28. The van der Waals surface area contributed by atoms with Crippen LogP contribution in [-0.2, 0) is 6.54 Å². The van der Waals surface area contributed by atoms with Crippen LogP contribution in [0.5, 0.6) is 0 Å². The van der Waals surface area contributed by atoms with Crippen molar-refractivity contribution in [2.24, 2.45) is 10.7 Å². The lowest BCUT2D eigenvalue weighted by Gasteiger charge is -2.37. The first-order valence-electron chi connectivity index (χ1n) is 10.9. The van der Waals surface area contributed by atoms with Gasteiger partial charge in [-0.3, -0.25) is 4.99 Å². The molecular weight excluding hydrogens is 394 g/mol. The highest BCUT2D eigenvalue weighted by atomic mass is 15.0. The van der Waals surface area contributed by atoms with Crippen molar-refractivity contribution in [3.63, 3.8) is 0 Å². The van der Waals surface area contributed by atoms with Crippen LogP contribution < -0.4 is 11.1 Å². The molecule has 2 aromatic carbocycles. The van der Waals surface area contributed by atoms with E-state index in [1.54, 1.807) is 0 Å². The molecule has 0 amide bonds. The number of aliphatic imine (C=N–C) groups is 1. The molecule has 5 nitrogen and oxygen atoms in total. The van der Waals surface area contributed by atoms with Gasteiger partial charge < -0.3 is 21.4 Å². The summed E-state index contributed by atoms with van der Waals surface area (Å²) in [7, 11) is 5.65. The molecule has 2 heterocycles. The maximum absolute atomic E-state index is 9.20. The molecule has 0 saturated carbocycles. The van der Waals surface area contributed by atoms with E-state index in [1.165, 1.54) is 12.6 Å². The van der Waals surface area contributed by atoms with Gasteiger partial charge in [-0.05, 0) is 55.9 Å². The Morgan fingerprint density at radius 2 is 1.94 bits per heavy atom. The Bertz CT molecular complexity index is 1040. The number of allylic oxidation sites excluding steroid dienone is 2. The average Bonchev–Trinajstić information content (AvgIpc) is 3.10. The number of hydrogen-bond acceptors (Lipinski definition) is 5. The van der Waals surface area contributed by atoms with E-state index in [2.05, 4.69) is 72.0 Å². The largest absolute Gasteiger partial charge is 0.377 e. The van der Waals surface area contributed by atoms with Gasteiger partial charge in [0.25, 0.3) is 0 Å². The van der Waals surface area contributed by atoms with Gasteiger partial charge in [0.05, 0.1) is 17.7 Å². The van der Waals surface area contributed by atoms with E-state index in [0.29, 0.717) is 5.71 Å². The molecule has 4 N–H and O–H groups in total. The predicted octanol–water partition coefficient (Wildman–Crippen LogP) is 4.83. The van der Waals surface area contributed by atoms with Crippen molar-refractivity contribution in [3.05, 3.63) is 95.2 Å². The minimum absolute atomic E-state index is 0.0478. The van der Waals surface area contributed by atoms with Gasteiger partial charge in [-0.1, -0.05) is 61.2 Å². The van der Waals surface area contributed by atoms with Gasteiger partial charge in [0, 0.05) is 30.2 Å². The van der Waals surface area contributed by atoms with E-state index in [9.17, 15) is 5.41 Å². The van der Waals surface area contributed by atoms with Crippen LogP contribution in [0.25, 0.3) is 6.08 Å². The molecule has 0 saturated heterocycles. The lowest BCUT2D eigenvalue weighted by molar-refractivity contribution is 0.402. The molecule has 2 unspecified atom stereocenters. The lowest BCUT2D eigenvalue weighted by atomic mass is 9.76. The second-order valence-corrected chi connectivity index (χ2v) is 8.07. The normalized spacial score (nSPS) is 19.3. The summed E-state index contributed by atoms with van der Waals surface area (Å²) in [5, 5.41) is 12.9. The quantitative estimate of drug-likeness (QED) is 0.640. The number of nitrogens with zero attached hydrogens (tertiary/aromatic N) is 2. The SMILES string of the molecule is C=Cc1cccc2c1C(=N)C(c1ccc(CN(C)C)cc1)C(C1=CCC=CN=C1)N2.CN. The molecule has 166 valence electrons. The van der Waals surface area contributed by atoms with Crippen LogP contribution in [0.1, 0.15) is 34.6 Å². The van der Waals surface area contributed by atoms with E-state index in [4.69, 9.17) is 0 Å². The third-order valence-electron chi connectivity index (χ3n) is 5.64. The first kappa shape index (κ1) is 23.4. The van der Waals surface area contributed by atoms with E-state index >= 15 is 0 Å². The molecule has 0 bridgehead atoms. The summed E-state index contributed by atoms with van der Waals surface area (Å²) < 4.78 is 0. The summed E-state index contributed by atoms with van der Waals surface area (Å²) >= 11 is 0. The predicted molar refractivity (Wildman–Crippen MR) is 138 cm³/mol. The van der Waals surface area contributed by atoms with Gasteiger partial charge in [0.2, 0.25) is 0 Å². The summed E-state index contributed by atoms with van der Waals surface area (Å²) in [5.74, 6) is -0.109. The minimum atomic E-state index is -0.109. The number of anilines is 1. The Morgan fingerprint density at radius 1 is 1.19 bits per heavy atom. The first-order chi connectivity index (χ1) is 15.6. The van der Waals surface area contributed by atoms with Gasteiger partial charge in [0.1, 0.15) is 0 Å². The molecule has 2 atom stereocenters. The highest BCUT2D eigenvalue weighted by molar-refractivity contribution is 6.13. The van der Waals surface area contributed by atoms with Crippen molar-refractivity contribution in [2.45, 2.75) is 24.9 Å². The minimum Gasteiger partial charge on any atom is -0.377 e. The zero-order valence-electron chi connectivity index (χ0n) is 19.2. The second-order valence-electron chi connectivity index (χ2n) is 8.07. The highest BCUT2D eigenvalue weighted by Crippen LogP contribution is 2.39. The molecule has 0 radical (unpaired) electrons. The van der Waals surface area contributed by atoms with Gasteiger partial charge in [-0.25, -0.2) is 0 Å². The fourth-order valence-electron chi connectivity index (χ4n) is 4.28.